The number of carbonyl (C=O) groups excluding carboxylic acids is 3. The van der Waals surface area contributed by atoms with Gasteiger partial charge in [-0.15, -0.1) is 11.6 Å². The van der Waals surface area contributed by atoms with E-state index in [0.717, 1.165) is 56.9 Å². The van der Waals surface area contributed by atoms with Crippen LogP contribution in [-0.4, -0.2) is 34.8 Å². The van der Waals surface area contributed by atoms with Gasteiger partial charge in [-0.2, -0.15) is 0 Å². The van der Waals surface area contributed by atoms with E-state index < -0.39 is 16.4 Å². The van der Waals surface area contributed by atoms with Gasteiger partial charge in [-0.3, -0.25) is 14.4 Å². The van der Waals surface area contributed by atoms with Crippen molar-refractivity contribution in [2.75, 3.05) is 0 Å². The molecule has 10 atom stereocenters. The van der Waals surface area contributed by atoms with Crippen LogP contribution in [0.4, 0.5) is 0 Å². The summed E-state index contributed by atoms with van der Waals surface area (Å²) in [5, 5.41) is -0.481. The molecule has 0 aromatic heterocycles. The predicted octanol–water partition coefficient (Wildman–Crippen LogP) is 6.80. The Morgan fingerprint density at radius 2 is 1.61 bits per heavy atom. The number of esters is 2. The molecule has 0 amide bonds. The van der Waals surface area contributed by atoms with Gasteiger partial charge < -0.3 is 9.47 Å². The summed E-state index contributed by atoms with van der Waals surface area (Å²) in [6.45, 7) is 17.2. The summed E-state index contributed by atoms with van der Waals surface area (Å²) in [5.41, 5.74) is -1.93. The van der Waals surface area contributed by atoms with E-state index in [1.54, 1.807) is 0 Å². The molecule has 5 nitrogen and oxygen atoms in total. The fourth-order valence-electron chi connectivity index (χ4n) is 11.3. The molecule has 38 heavy (non-hydrogen) atoms. The Hall–Kier alpha value is -1.36. The Bertz CT molecular complexity index is 1170. The van der Waals surface area contributed by atoms with E-state index >= 15 is 0 Å². The van der Waals surface area contributed by atoms with Crippen molar-refractivity contribution in [2.24, 2.45) is 44.3 Å². The van der Waals surface area contributed by atoms with Crippen LogP contribution >= 0.6 is 11.6 Å². The lowest BCUT2D eigenvalue weighted by molar-refractivity contribution is -0.217. The molecule has 210 valence electrons. The maximum absolute atomic E-state index is 14.5. The minimum absolute atomic E-state index is 0.132. The first-order valence-electron chi connectivity index (χ1n) is 14.8. The first-order chi connectivity index (χ1) is 17.4. The molecular formula is C32H45ClO5. The Kier molecular flexibility index (Phi) is 5.28. The molecule has 0 N–H and O–H groups in total. The van der Waals surface area contributed by atoms with Crippen LogP contribution in [0.5, 0.6) is 0 Å². The molecule has 0 aromatic carbocycles. The van der Waals surface area contributed by atoms with Gasteiger partial charge in [0.2, 0.25) is 0 Å². The lowest BCUT2D eigenvalue weighted by Crippen LogP contribution is -2.71. The summed E-state index contributed by atoms with van der Waals surface area (Å²) in [6.07, 6.45) is 8.82. The number of rotatable bonds is 1. The van der Waals surface area contributed by atoms with Crippen LogP contribution in [0.3, 0.4) is 0 Å². The van der Waals surface area contributed by atoms with E-state index in [1.807, 2.05) is 13.0 Å². The number of ether oxygens (including phenoxy) is 2. The normalized spacial score (nSPS) is 54.5. The van der Waals surface area contributed by atoms with E-state index in [1.165, 1.54) is 6.92 Å². The first-order valence-corrected chi connectivity index (χ1v) is 15.2. The van der Waals surface area contributed by atoms with Crippen LogP contribution in [0.25, 0.3) is 0 Å². The molecule has 10 unspecified atom stereocenters. The highest BCUT2D eigenvalue weighted by Gasteiger charge is 2.79. The predicted molar refractivity (Wildman–Crippen MR) is 145 cm³/mol. The number of hydrogen-bond acceptors (Lipinski definition) is 5. The molecule has 1 aliphatic heterocycles. The Morgan fingerprint density at radius 1 is 0.947 bits per heavy atom. The van der Waals surface area contributed by atoms with Gasteiger partial charge in [0.1, 0.15) is 6.10 Å². The van der Waals surface area contributed by atoms with Crippen molar-refractivity contribution < 1.29 is 23.9 Å². The van der Waals surface area contributed by atoms with Crippen molar-refractivity contribution in [1.82, 2.24) is 0 Å². The zero-order chi connectivity index (χ0) is 27.9. The number of halogens is 1. The molecule has 1 saturated heterocycles. The summed E-state index contributed by atoms with van der Waals surface area (Å²) >= 11 is 7.31. The van der Waals surface area contributed by atoms with Crippen LogP contribution in [-0.2, 0) is 23.9 Å². The lowest BCUT2D eigenvalue weighted by atomic mass is 9.33. The molecule has 1 spiro atoms. The van der Waals surface area contributed by atoms with Crippen molar-refractivity contribution >= 4 is 29.3 Å². The van der Waals surface area contributed by atoms with Gasteiger partial charge >= 0.3 is 11.9 Å². The van der Waals surface area contributed by atoms with E-state index in [2.05, 4.69) is 41.5 Å². The highest BCUT2D eigenvalue weighted by molar-refractivity contribution is 6.25. The Morgan fingerprint density at radius 3 is 2.26 bits per heavy atom. The molecule has 0 radical (unpaired) electrons. The molecule has 5 aliphatic carbocycles. The minimum atomic E-state index is -0.931. The van der Waals surface area contributed by atoms with Gasteiger partial charge in [-0.05, 0) is 92.1 Å². The van der Waals surface area contributed by atoms with Crippen LogP contribution in [0, 0.1) is 44.3 Å². The molecule has 6 rings (SSSR count). The topological polar surface area (TPSA) is 69.7 Å². The molecule has 2 bridgehead atoms. The molecule has 6 aliphatic rings. The van der Waals surface area contributed by atoms with Gasteiger partial charge in [-0.1, -0.05) is 41.5 Å². The Balaban J connectivity index is 1.49. The average molecular weight is 545 g/mol. The third-order valence-electron chi connectivity index (χ3n) is 13.8. The summed E-state index contributed by atoms with van der Waals surface area (Å²) < 4.78 is 12.3. The smallest absolute Gasteiger partial charge is 0.314 e. The summed E-state index contributed by atoms with van der Waals surface area (Å²) in [7, 11) is 0. The van der Waals surface area contributed by atoms with Gasteiger partial charge in [0.15, 0.2) is 11.4 Å². The third kappa shape index (κ3) is 2.74. The van der Waals surface area contributed by atoms with Gasteiger partial charge in [0.25, 0.3) is 0 Å². The zero-order valence-corrected chi connectivity index (χ0v) is 25.2. The van der Waals surface area contributed by atoms with Gasteiger partial charge in [-0.25, -0.2) is 0 Å². The van der Waals surface area contributed by atoms with Crippen molar-refractivity contribution in [3.8, 4) is 0 Å². The van der Waals surface area contributed by atoms with E-state index in [9.17, 15) is 14.4 Å². The molecule has 1 heterocycles. The zero-order valence-electron chi connectivity index (χ0n) is 24.5. The second-order valence-corrected chi connectivity index (χ2v) is 16.1. The van der Waals surface area contributed by atoms with Crippen molar-refractivity contribution in [2.45, 2.75) is 124 Å². The monoisotopic (exact) mass is 544 g/mol. The second kappa shape index (κ2) is 7.47. The molecule has 5 fully saturated rings. The molecule has 0 aromatic rings. The highest BCUT2D eigenvalue weighted by atomic mass is 35.5. The van der Waals surface area contributed by atoms with Crippen molar-refractivity contribution in [3.63, 3.8) is 0 Å². The van der Waals surface area contributed by atoms with Crippen LogP contribution in [0.1, 0.15) is 107 Å². The molecule has 6 heteroatoms. The summed E-state index contributed by atoms with van der Waals surface area (Å²) in [4.78, 5) is 39.8. The molecule has 4 saturated carbocycles. The third-order valence-corrected chi connectivity index (χ3v) is 14.5. The quantitative estimate of drug-likeness (QED) is 0.268. The fourth-order valence-corrected chi connectivity index (χ4v) is 11.9. The fraction of sp³-hybridized carbons (Fsp3) is 0.844. The number of ketones is 1. The SMILES string of the molecule is CC(=O)OC1CCC2(C)C(CCC3(C)C2C(=O)C=C2C3(C)CCC3(C)CCC4(C)C(=O)OC23C4Cl)C1(C)C. The number of fused-ring (bicyclic) bond motifs is 6. The van der Waals surface area contributed by atoms with Crippen molar-refractivity contribution in [1.29, 1.82) is 0 Å². The van der Waals surface area contributed by atoms with Crippen LogP contribution in [0.15, 0.2) is 11.6 Å². The maximum Gasteiger partial charge on any atom is 0.314 e. The lowest BCUT2D eigenvalue weighted by Gasteiger charge is -2.71. The van der Waals surface area contributed by atoms with Crippen molar-refractivity contribution in [3.05, 3.63) is 11.6 Å². The van der Waals surface area contributed by atoms with Gasteiger partial charge in [0, 0.05) is 23.7 Å². The average Bonchev–Trinajstić information content (AvgIpc) is 2.95. The number of carbonyl (C=O) groups is 3. The Labute approximate surface area is 232 Å². The van der Waals surface area contributed by atoms with Crippen LogP contribution < -0.4 is 0 Å². The largest absolute Gasteiger partial charge is 0.462 e. The highest BCUT2D eigenvalue weighted by Crippen LogP contribution is 2.78. The van der Waals surface area contributed by atoms with E-state index in [4.69, 9.17) is 21.1 Å². The number of hydrogen-bond donors (Lipinski definition) is 0. The number of allylic oxidation sites excluding steroid dienone is 1. The molecular weight excluding hydrogens is 500 g/mol. The second-order valence-electron chi connectivity index (χ2n) is 15.7. The minimum Gasteiger partial charge on any atom is -0.462 e. The van der Waals surface area contributed by atoms with E-state index in [-0.39, 0.29) is 62.7 Å². The van der Waals surface area contributed by atoms with Crippen LogP contribution in [0.2, 0.25) is 0 Å². The first kappa shape index (κ1) is 26.8. The summed E-state index contributed by atoms with van der Waals surface area (Å²) in [5.74, 6) is -0.128. The maximum atomic E-state index is 14.5. The standard InChI is InChI=1S/C32H45ClO5/c1-18(34)37-22-10-11-28(5)20(26(22,2)3)9-12-31(8)23(28)19(35)17-21-30(31,7)16-14-27(4)13-15-29(6)24(33)32(21,27)38-25(29)36/h17,20,22-24H,9-16H2,1-8H3. The van der Waals surface area contributed by atoms with E-state index in [0.29, 0.717) is 0 Å². The summed E-state index contributed by atoms with van der Waals surface area (Å²) in [6, 6.07) is 0. The van der Waals surface area contributed by atoms with Gasteiger partial charge in [0.05, 0.1) is 10.8 Å². The number of alkyl halides is 1.